The number of nitrogens with one attached hydrogen (secondary N) is 2. The van der Waals surface area contributed by atoms with Crippen molar-refractivity contribution in [2.75, 3.05) is 13.1 Å². The Morgan fingerprint density at radius 3 is 2.34 bits per heavy atom. The Morgan fingerprint density at radius 2 is 1.66 bits per heavy atom. The molecular weight excluding hydrogens is 397 g/mol. The van der Waals surface area contributed by atoms with Crippen LogP contribution in [-0.4, -0.2) is 37.6 Å². The van der Waals surface area contributed by atoms with Gasteiger partial charge < -0.3 is 0 Å². The molecule has 1 heterocycles. The van der Waals surface area contributed by atoms with Crippen LogP contribution in [0.25, 0.3) is 0 Å². The van der Waals surface area contributed by atoms with Gasteiger partial charge in [-0.15, -0.1) is 0 Å². The molecular formula is C20H22FN3O4S. The topological polar surface area (TPSA) is 95.6 Å². The number of carbonyl (C=O) groups excluding carboxylic acids is 2. The van der Waals surface area contributed by atoms with E-state index < -0.39 is 32.6 Å². The Bertz CT molecular complexity index is 990. The summed E-state index contributed by atoms with van der Waals surface area (Å²) in [5, 5.41) is 0. The number of carbonyl (C=O) groups is 2. The van der Waals surface area contributed by atoms with Crippen LogP contribution in [0.5, 0.6) is 0 Å². The highest BCUT2D eigenvalue weighted by molar-refractivity contribution is 7.89. The van der Waals surface area contributed by atoms with Gasteiger partial charge in [0.2, 0.25) is 15.9 Å². The average Bonchev–Trinajstić information content (AvgIpc) is 2.73. The van der Waals surface area contributed by atoms with Crippen molar-refractivity contribution in [2.45, 2.75) is 30.6 Å². The lowest BCUT2D eigenvalue weighted by atomic mass is 10.1. The molecule has 1 saturated heterocycles. The Hall–Kier alpha value is -2.78. The molecule has 0 bridgehead atoms. The van der Waals surface area contributed by atoms with E-state index in [2.05, 4.69) is 10.9 Å². The zero-order valence-corrected chi connectivity index (χ0v) is 16.5. The molecule has 2 aromatic carbocycles. The maximum Gasteiger partial charge on any atom is 0.269 e. The Kier molecular flexibility index (Phi) is 6.60. The van der Waals surface area contributed by atoms with E-state index in [9.17, 15) is 22.4 Å². The molecule has 7 nitrogen and oxygen atoms in total. The van der Waals surface area contributed by atoms with E-state index in [-0.39, 0.29) is 12.0 Å². The highest BCUT2D eigenvalue weighted by Crippen LogP contribution is 2.24. The molecule has 1 fully saturated rings. The molecule has 0 radical (unpaired) electrons. The minimum Gasteiger partial charge on any atom is -0.273 e. The van der Waals surface area contributed by atoms with E-state index in [1.807, 2.05) is 6.07 Å². The van der Waals surface area contributed by atoms with E-state index in [4.69, 9.17) is 0 Å². The van der Waals surface area contributed by atoms with E-state index >= 15 is 0 Å². The van der Waals surface area contributed by atoms with Crippen LogP contribution in [0.3, 0.4) is 0 Å². The quantitative estimate of drug-likeness (QED) is 0.725. The van der Waals surface area contributed by atoms with Gasteiger partial charge in [0.05, 0.1) is 6.42 Å². The molecule has 29 heavy (non-hydrogen) atoms. The number of rotatable bonds is 5. The van der Waals surface area contributed by atoms with Crippen LogP contribution < -0.4 is 10.9 Å². The van der Waals surface area contributed by atoms with Crippen molar-refractivity contribution in [3.8, 4) is 0 Å². The second kappa shape index (κ2) is 9.15. The number of halogens is 1. The van der Waals surface area contributed by atoms with E-state index in [1.165, 1.54) is 10.4 Å². The number of nitrogens with zero attached hydrogens (tertiary/aromatic N) is 1. The standard InChI is InChI=1S/C20H22FN3O4S/c21-17-10-9-16(14-18(17)29(27,28)24-11-5-2-6-12-24)20(26)23-22-19(25)13-15-7-3-1-4-8-15/h1,3-4,7-10,14H,2,5-6,11-13H2,(H,22,25)(H,23,26). The number of hydrazine groups is 1. The number of sulfonamides is 1. The Labute approximate surface area is 168 Å². The van der Waals surface area contributed by atoms with Gasteiger partial charge in [0.1, 0.15) is 10.7 Å². The lowest BCUT2D eigenvalue weighted by molar-refractivity contribution is -0.121. The molecule has 3 rings (SSSR count). The molecule has 0 spiro atoms. The normalized spacial score (nSPS) is 14.9. The predicted octanol–water partition coefficient (Wildman–Crippen LogP) is 2.00. The van der Waals surface area contributed by atoms with Gasteiger partial charge in [-0.1, -0.05) is 36.8 Å². The monoisotopic (exact) mass is 419 g/mol. The smallest absolute Gasteiger partial charge is 0.269 e. The van der Waals surface area contributed by atoms with Crippen LogP contribution in [0, 0.1) is 5.82 Å². The SMILES string of the molecule is O=C(Cc1ccccc1)NNC(=O)c1ccc(F)c(S(=O)(=O)N2CCCCC2)c1. The van der Waals surface area contributed by atoms with Crippen molar-refractivity contribution < 1.29 is 22.4 Å². The molecule has 1 aliphatic heterocycles. The first-order chi connectivity index (χ1) is 13.9. The molecule has 0 saturated carbocycles. The zero-order valence-electron chi connectivity index (χ0n) is 15.7. The second-order valence-electron chi connectivity index (χ2n) is 6.77. The molecule has 0 aromatic heterocycles. The van der Waals surface area contributed by atoms with Crippen LogP contribution in [0.1, 0.15) is 35.2 Å². The van der Waals surface area contributed by atoms with Crippen molar-refractivity contribution in [1.29, 1.82) is 0 Å². The summed E-state index contributed by atoms with van der Waals surface area (Å²) in [4.78, 5) is 23.7. The first-order valence-electron chi connectivity index (χ1n) is 9.31. The molecule has 0 unspecified atom stereocenters. The van der Waals surface area contributed by atoms with Crippen LogP contribution in [0.2, 0.25) is 0 Å². The van der Waals surface area contributed by atoms with Gasteiger partial charge in [-0.25, -0.2) is 12.8 Å². The number of hydrogen-bond acceptors (Lipinski definition) is 4. The molecule has 2 N–H and O–H groups in total. The minimum atomic E-state index is -4.03. The van der Waals surface area contributed by atoms with Crippen molar-refractivity contribution >= 4 is 21.8 Å². The van der Waals surface area contributed by atoms with Gasteiger partial charge in [0, 0.05) is 18.7 Å². The van der Waals surface area contributed by atoms with Crippen molar-refractivity contribution in [3.05, 3.63) is 65.5 Å². The lowest BCUT2D eigenvalue weighted by Gasteiger charge is -2.26. The molecule has 154 valence electrons. The van der Waals surface area contributed by atoms with Crippen LogP contribution in [-0.2, 0) is 21.2 Å². The van der Waals surface area contributed by atoms with Gasteiger partial charge >= 0.3 is 0 Å². The second-order valence-corrected chi connectivity index (χ2v) is 8.68. The summed E-state index contributed by atoms with van der Waals surface area (Å²) in [5.41, 5.74) is 5.21. The van der Waals surface area contributed by atoms with Crippen molar-refractivity contribution in [3.63, 3.8) is 0 Å². The fraction of sp³-hybridized carbons (Fsp3) is 0.300. The van der Waals surface area contributed by atoms with Gasteiger partial charge in [-0.05, 0) is 36.6 Å². The zero-order chi connectivity index (χ0) is 20.9. The van der Waals surface area contributed by atoms with Gasteiger partial charge in [0.15, 0.2) is 0 Å². The van der Waals surface area contributed by atoms with Crippen LogP contribution in [0.4, 0.5) is 4.39 Å². The molecule has 1 aliphatic rings. The highest BCUT2D eigenvalue weighted by Gasteiger charge is 2.29. The van der Waals surface area contributed by atoms with E-state index in [0.717, 1.165) is 24.1 Å². The number of piperidine rings is 1. The average molecular weight is 419 g/mol. The maximum atomic E-state index is 14.2. The third-order valence-corrected chi connectivity index (χ3v) is 6.56. The fourth-order valence-corrected chi connectivity index (χ4v) is 4.72. The first kappa shape index (κ1) is 20.9. The van der Waals surface area contributed by atoms with Crippen LogP contribution in [0.15, 0.2) is 53.4 Å². The predicted molar refractivity (Wildman–Crippen MR) is 105 cm³/mol. The maximum absolute atomic E-state index is 14.2. The molecule has 2 amide bonds. The van der Waals surface area contributed by atoms with Crippen LogP contribution >= 0.6 is 0 Å². The Morgan fingerprint density at radius 1 is 0.966 bits per heavy atom. The third kappa shape index (κ3) is 5.18. The number of hydrogen-bond donors (Lipinski definition) is 2. The summed E-state index contributed by atoms with van der Waals surface area (Å²) in [5.74, 6) is -2.09. The van der Waals surface area contributed by atoms with Gasteiger partial charge in [-0.2, -0.15) is 4.31 Å². The number of amides is 2. The molecule has 9 heteroatoms. The summed E-state index contributed by atoms with van der Waals surface area (Å²) < 4.78 is 40.9. The van der Waals surface area contributed by atoms with Gasteiger partial charge in [-0.3, -0.25) is 20.4 Å². The molecule has 0 atom stereocenters. The van der Waals surface area contributed by atoms with Crippen molar-refractivity contribution in [1.82, 2.24) is 15.2 Å². The Balaban J connectivity index is 1.68. The molecule has 0 aliphatic carbocycles. The molecule has 2 aromatic rings. The van der Waals surface area contributed by atoms with Crippen molar-refractivity contribution in [2.24, 2.45) is 0 Å². The summed E-state index contributed by atoms with van der Waals surface area (Å²) in [6.07, 6.45) is 2.43. The third-order valence-electron chi connectivity index (χ3n) is 4.65. The summed E-state index contributed by atoms with van der Waals surface area (Å²) >= 11 is 0. The summed E-state index contributed by atoms with van der Waals surface area (Å²) in [6.45, 7) is 0.654. The number of benzene rings is 2. The first-order valence-corrected chi connectivity index (χ1v) is 10.7. The minimum absolute atomic E-state index is 0.0676. The van der Waals surface area contributed by atoms with E-state index in [0.29, 0.717) is 25.9 Å². The summed E-state index contributed by atoms with van der Waals surface area (Å²) in [7, 11) is -4.03. The summed E-state index contributed by atoms with van der Waals surface area (Å²) in [6, 6.07) is 12.1. The largest absolute Gasteiger partial charge is 0.273 e. The van der Waals surface area contributed by atoms with Gasteiger partial charge in [0.25, 0.3) is 5.91 Å². The van der Waals surface area contributed by atoms with E-state index in [1.54, 1.807) is 24.3 Å². The lowest BCUT2D eigenvalue weighted by Crippen LogP contribution is -2.42. The fourth-order valence-electron chi connectivity index (χ4n) is 3.11. The highest BCUT2D eigenvalue weighted by atomic mass is 32.2.